The van der Waals surface area contributed by atoms with Crippen LogP contribution in [-0.4, -0.2) is 14.8 Å². The lowest BCUT2D eigenvalue weighted by Gasteiger charge is -2.21. The molecule has 64 valence electrons. The van der Waals surface area contributed by atoms with Gasteiger partial charge in [0.2, 0.25) is 0 Å². The van der Waals surface area contributed by atoms with Gasteiger partial charge in [-0.25, -0.2) is 0 Å². The Hall–Kier alpha value is 0.0218. The highest BCUT2D eigenvalue weighted by Gasteiger charge is 2.18. The van der Waals surface area contributed by atoms with Gasteiger partial charge in [-0.05, 0) is 6.92 Å². The highest BCUT2D eigenvalue weighted by Crippen LogP contribution is 2.19. The van der Waals surface area contributed by atoms with E-state index in [1.807, 2.05) is 0 Å². The molecule has 0 unspecified atom stereocenters. The lowest BCUT2D eigenvalue weighted by atomic mass is 9.49. The van der Waals surface area contributed by atoms with Crippen LogP contribution in [0.15, 0.2) is 10.7 Å². The maximum atomic E-state index is 2.41. The fourth-order valence-electron chi connectivity index (χ4n) is 1.02. The smallest absolute Gasteiger partial charge is 0.109 e. The predicted molar refractivity (Wildman–Crippen MR) is 59.2 cm³/mol. The zero-order valence-electron chi connectivity index (χ0n) is 9.08. The van der Waals surface area contributed by atoms with Crippen LogP contribution in [0.4, 0.5) is 0 Å². The first kappa shape index (κ1) is 11.0. The van der Waals surface area contributed by atoms with Crippen molar-refractivity contribution in [2.75, 3.05) is 0 Å². The summed E-state index contributed by atoms with van der Waals surface area (Å²) < 4.78 is 0. The van der Waals surface area contributed by atoms with Crippen molar-refractivity contribution in [2.24, 2.45) is 0 Å². The first-order valence-electron chi connectivity index (χ1n) is 4.44. The zero-order valence-corrected chi connectivity index (χ0v) is 10.1. The molecule has 0 aliphatic carbocycles. The van der Waals surface area contributed by atoms with Gasteiger partial charge in [0, 0.05) is 0 Å². The first-order valence-corrected chi connectivity index (χ1v) is 7.94. The van der Waals surface area contributed by atoms with Gasteiger partial charge in [0.25, 0.3) is 0 Å². The molecule has 2 heteroatoms. The Morgan fingerprint density at radius 3 is 1.45 bits per heavy atom. The lowest BCUT2D eigenvalue weighted by Crippen LogP contribution is -2.25. The summed E-state index contributed by atoms with van der Waals surface area (Å²) in [6.07, 6.45) is 0. The minimum absolute atomic E-state index is 0.724. The Morgan fingerprint density at radius 1 is 1.00 bits per heavy atom. The molecule has 0 radical (unpaired) electrons. The second-order valence-corrected chi connectivity index (χ2v) is 9.96. The summed E-state index contributed by atoms with van der Waals surface area (Å²) in [6.45, 7) is 17.1. The molecule has 0 rings (SSSR count). The molecule has 0 bridgehead atoms. The van der Waals surface area contributed by atoms with E-state index in [-0.39, 0.29) is 0 Å². The number of hydrogen-bond acceptors (Lipinski definition) is 0. The molecule has 0 aromatic rings. The van der Waals surface area contributed by atoms with Gasteiger partial charge < -0.3 is 0 Å². The van der Waals surface area contributed by atoms with Gasteiger partial charge in [-0.1, -0.05) is 45.4 Å². The molecule has 0 atom stereocenters. The molecule has 0 aliphatic rings. The highest BCUT2D eigenvalue weighted by atomic mass is 28.3. The first-order chi connectivity index (χ1) is 4.76. The summed E-state index contributed by atoms with van der Waals surface area (Å²) in [6, 6.07) is 0. The van der Waals surface area contributed by atoms with Gasteiger partial charge in [0.15, 0.2) is 6.71 Å². The van der Waals surface area contributed by atoms with Gasteiger partial charge >= 0.3 is 0 Å². The maximum Gasteiger partial charge on any atom is 0.163 e. The SMILES string of the molecule is CB(C)/C(C)=C(/C)[Si](C)(C)C. The summed E-state index contributed by atoms with van der Waals surface area (Å²) >= 11 is 0. The van der Waals surface area contributed by atoms with Crippen LogP contribution in [0.3, 0.4) is 0 Å². The van der Waals surface area contributed by atoms with Crippen LogP contribution < -0.4 is 0 Å². The van der Waals surface area contributed by atoms with E-state index in [0.29, 0.717) is 0 Å². The van der Waals surface area contributed by atoms with E-state index >= 15 is 0 Å². The van der Waals surface area contributed by atoms with Gasteiger partial charge in [0.1, 0.15) is 0 Å². The third-order valence-electron chi connectivity index (χ3n) is 2.58. The molecule has 0 heterocycles. The largest absolute Gasteiger partial charge is 0.163 e. The Labute approximate surface area is 73.2 Å². The molecule has 0 aliphatic heterocycles. The zero-order chi connectivity index (χ0) is 9.23. The summed E-state index contributed by atoms with van der Waals surface area (Å²) in [5, 5.41) is 1.67. The molecular formula is C9H21BSi. The van der Waals surface area contributed by atoms with E-state index in [2.05, 4.69) is 47.1 Å². The predicted octanol–water partition coefficient (Wildman–Crippen LogP) is 3.49. The molecule has 0 fully saturated rings. The van der Waals surface area contributed by atoms with Crippen LogP contribution in [0, 0.1) is 0 Å². The van der Waals surface area contributed by atoms with Crippen LogP contribution in [0.25, 0.3) is 0 Å². The van der Waals surface area contributed by atoms with Crippen LogP contribution >= 0.6 is 0 Å². The summed E-state index contributed by atoms with van der Waals surface area (Å²) in [7, 11) is -1.01. The van der Waals surface area contributed by atoms with E-state index in [1.165, 1.54) is 0 Å². The van der Waals surface area contributed by atoms with Crippen LogP contribution in [0.1, 0.15) is 13.8 Å². The van der Waals surface area contributed by atoms with E-state index in [4.69, 9.17) is 0 Å². The molecule has 0 aromatic carbocycles. The van der Waals surface area contributed by atoms with Crippen molar-refractivity contribution in [1.82, 2.24) is 0 Å². The minimum atomic E-state index is -1.01. The normalized spacial score (nSPS) is 14.5. The highest BCUT2D eigenvalue weighted by molar-refractivity contribution is 6.84. The van der Waals surface area contributed by atoms with Crippen LogP contribution in [0.5, 0.6) is 0 Å². The summed E-state index contributed by atoms with van der Waals surface area (Å²) in [4.78, 5) is 0. The quantitative estimate of drug-likeness (QED) is 0.553. The van der Waals surface area contributed by atoms with Crippen molar-refractivity contribution in [1.29, 1.82) is 0 Å². The minimum Gasteiger partial charge on any atom is -0.109 e. The molecule has 0 nitrogen and oxygen atoms in total. The molecule has 0 N–H and O–H groups in total. The number of hydrogen-bond donors (Lipinski definition) is 0. The van der Waals surface area contributed by atoms with Gasteiger partial charge in [-0.3, -0.25) is 0 Å². The molecule has 0 spiro atoms. The van der Waals surface area contributed by atoms with E-state index in [1.54, 1.807) is 10.7 Å². The van der Waals surface area contributed by atoms with Crippen LogP contribution in [0.2, 0.25) is 33.3 Å². The van der Waals surface area contributed by atoms with E-state index in [9.17, 15) is 0 Å². The van der Waals surface area contributed by atoms with E-state index in [0.717, 1.165) is 6.71 Å². The Morgan fingerprint density at radius 2 is 1.36 bits per heavy atom. The standard InChI is InChI=1S/C9H21BSi/c1-8(10(3)4)9(2)11(5,6)7/h1-7H3/b9-8-. The second kappa shape index (κ2) is 3.61. The Bertz CT molecular complexity index is 163. The number of rotatable bonds is 2. The summed E-state index contributed by atoms with van der Waals surface area (Å²) in [5.41, 5.74) is 1.60. The molecule has 11 heavy (non-hydrogen) atoms. The van der Waals surface area contributed by atoms with Crippen molar-refractivity contribution in [3.8, 4) is 0 Å². The third kappa shape index (κ3) is 3.28. The van der Waals surface area contributed by atoms with Crippen LogP contribution in [-0.2, 0) is 0 Å². The van der Waals surface area contributed by atoms with Crippen molar-refractivity contribution >= 4 is 14.8 Å². The molecule has 0 saturated heterocycles. The Kier molecular flexibility index (Phi) is 3.62. The second-order valence-electron chi connectivity index (χ2n) is 4.71. The lowest BCUT2D eigenvalue weighted by molar-refractivity contribution is 1.43. The van der Waals surface area contributed by atoms with Crippen molar-refractivity contribution < 1.29 is 0 Å². The topological polar surface area (TPSA) is 0 Å². The molecule has 0 aromatic heterocycles. The Balaban J connectivity index is 4.67. The molecular weight excluding hydrogens is 147 g/mol. The fraction of sp³-hybridized carbons (Fsp3) is 0.778. The van der Waals surface area contributed by atoms with Crippen molar-refractivity contribution in [2.45, 2.75) is 47.1 Å². The molecule has 0 amide bonds. The molecule has 0 saturated carbocycles. The average molecular weight is 168 g/mol. The van der Waals surface area contributed by atoms with Crippen molar-refractivity contribution in [3.63, 3.8) is 0 Å². The average Bonchev–Trinajstić information content (AvgIpc) is 1.82. The monoisotopic (exact) mass is 168 g/mol. The van der Waals surface area contributed by atoms with Gasteiger partial charge in [-0.2, -0.15) is 0 Å². The third-order valence-corrected chi connectivity index (χ3v) is 5.23. The summed E-state index contributed by atoms with van der Waals surface area (Å²) in [5.74, 6) is 0. The number of allylic oxidation sites excluding steroid dienone is 2. The van der Waals surface area contributed by atoms with Gasteiger partial charge in [-0.15, -0.1) is 5.47 Å². The van der Waals surface area contributed by atoms with Crippen molar-refractivity contribution in [3.05, 3.63) is 10.7 Å². The van der Waals surface area contributed by atoms with E-state index < -0.39 is 8.07 Å². The fourth-order valence-corrected chi connectivity index (χ4v) is 2.50. The van der Waals surface area contributed by atoms with Gasteiger partial charge in [0.05, 0.1) is 8.07 Å². The maximum absolute atomic E-state index is 2.41.